The van der Waals surface area contributed by atoms with E-state index in [4.69, 9.17) is 9.47 Å². The van der Waals surface area contributed by atoms with Crippen LogP contribution in [0.3, 0.4) is 0 Å². The Balaban J connectivity index is 1.28. The number of halogens is 6. The summed E-state index contributed by atoms with van der Waals surface area (Å²) in [5.41, 5.74) is 0.180. The fourth-order valence-electron chi connectivity index (χ4n) is 6.89. The second-order valence-corrected chi connectivity index (χ2v) is 12.8. The van der Waals surface area contributed by atoms with Gasteiger partial charge in [-0.25, -0.2) is 17.6 Å². The van der Waals surface area contributed by atoms with Crippen molar-refractivity contribution in [1.82, 2.24) is 0 Å². The first-order valence-electron chi connectivity index (χ1n) is 16.3. The van der Waals surface area contributed by atoms with Gasteiger partial charge in [0.05, 0.1) is 0 Å². The highest BCUT2D eigenvalue weighted by Crippen LogP contribution is 2.40. The Morgan fingerprint density at radius 3 is 2.02 bits per heavy atom. The standard InChI is InChI=1S/C36H46F6O2/c1-3-5-6-8-25-9-11-26(12-10-25)21-36(41,42)23-44-31-20-19-30(34(39)35(31)40)43-22-28-17-18-29(33(38)32(28)37)27-15-13-24(7-4-2)14-16-27/h4,7,17-20,24-27H,3,5-6,8-16,21-23H2,1-2H3. The second kappa shape index (κ2) is 16.1. The van der Waals surface area contributed by atoms with E-state index in [1.165, 1.54) is 25.0 Å². The molecule has 2 saturated carbocycles. The number of rotatable bonds is 14. The molecular weight excluding hydrogens is 578 g/mol. The first kappa shape index (κ1) is 34.2. The Morgan fingerprint density at radius 2 is 1.39 bits per heavy atom. The first-order valence-corrected chi connectivity index (χ1v) is 16.3. The average molecular weight is 625 g/mol. The Kier molecular flexibility index (Phi) is 12.5. The summed E-state index contributed by atoms with van der Waals surface area (Å²) >= 11 is 0. The van der Waals surface area contributed by atoms with Crippen molar-refractivity contribution in [3.63, 3.8) is 0 Å². The van der Waals surface area contributed by atoms with Gasteiger partial charge < -0.3 is 9.47 Å². The van der Waals surface area contributed by atoms with Gasteiger partial charge in [0.2, 0.25) is 11.6 Å². The molecule has 0 N–H and O–H groups in total. The fourth-order valence-corrected chi connectivity index (χ4v) is 6.89. The van der Waals surface area contributed by atoms with Crippen molar-refractivity contribution in [3.8, 4) is 11.5 Å². The zero-order chi connectivity index (χ0) is 31.7. The molecule has 2 aromatic rings. The summed E-state index contributed by atoms with van der Waals surface area (Å²) in [6.45, 7) is 2.53. The van der Waals surface area contributed by atoms with Crippen LogP contribution in [0, 0.1) is 41.0 Å². The number of ether oxygens (including phenoxy) is 2. The van der Waals surface area contributed by atoms with Crippen LogP contribution in [0.2, 0.25) is 0 Å². The number of unbranched alkanes of at least 4 members (excludes halogenated alkanes) is 2. The molecule has 2 nitrogen and oxygen atoms in total. The molecule has 0 radical (unpaired) electrons. The molecule has 0 unspecified atom stereocenters. The Labute approximate surface area is 258 Å². The molecule has 0 heterocycles. The van der Waals surface area contributed by atoms with E-state index < -0.39 is 53.9 Å². The van der Waals surface area contributed by atoms with Gasteiger partial charge in [0.25, 0.3) is 5.92 Å². The molecule has 2 aliphatic carbocycles. The van der Waals surface area contributed by atoms with Gasteiger partial charge >= 0.3 is 0 Å². The third-order valence-electron chi connectivity index (χ3n) is 9.47. The van der Waals surface area contributed by atoms with E-state index in [0.29, 0.717) is 17.4 Å². The molecule has 0 saturated heterocycles. The van der Waals surface area contributed by atoms with Gasteiger partial charge in [-0.05, 0) is 86.8 Å². The predicted molar refractivity (Wildman–Crippen MR) is 161 cm³/mol. The molecule has 0 bridgehead atoms. The molecule has 4 rings (SSSR count). The number of allylic oxidation sites excluding steroid dienone is 2. The normalized spacial score (nSPS) is 22.8. The molecule has 44 heavy (non-hydrogen) atoms. The predicted octanol–water partition coefficient (Wildman–Crippen LogP) is 11.5. The van der Waals surface area contributed by atoms with Crippen molar-refractivity contribution in [3.05, 3.63) is 70.8 Å². The van der Waals surface area contributed by atoms with Crippen LogP contribution in [0.5, 0.6) is 11.5 Å². The van der Waals surface area contributed by atoms with Gasteiger partial charge in [0.1, 0.15) is 6.61 Å². The minimum atomic E-state index is -3.18. The molecule has 8 heteroatoms. The van der Waals surface area contributed by atoms with Crippen LogP contribution in [0.15, 0.2) is 36.4 Å². The van der Waals surface area contributed by atoms with Crippen LogP contribution < -0.4 is 9.47 Å². The van der Waals surface area contributed by atoms with E-state index in [9.17, 15) is 26.3 Å². The van der Waals surface area contributed by atoms with E-state index in [1.807, 2.05) is 13.0 Å². The molecule has 0 atom stereocenters. The highest BCUT2D eigenvalue weighted by Gasteiger charge is 2.36. The maximum atomic E-state index is 15.0. The Bertz CT molecular complexity index is 1230. The van der Waals surface area contributed by atoms with Crippen molar-refractivity contribution in [2.24, 2.45) is 17.8 Å². The summed E-state index contributed by atoms with van der Waals surface area (Å²) in [5.74, 6) is -8.47. The highest BCUT2D eigenvalue weighted by atomic mass is 19.3. The number of alkyl halides is 2. The lowest BCUT2D eigenvalue weighted by Gasteiger charge is -2.31. The van der Waals surface area contributed by atoms with Gasteiger partial charge in [-0.3, -0.25) is 0 Å². The van der Waals surface area contributed by atoms with E-state index in [1.54, 1.807) is 0 Å². The molecule has 2 aliphatic rings. The molecule has 2 fully saturated rings. The lowest BCUT2D eigenvalue weighted by atomic mass is 9.77. The maximum absolute atomic E-state index is 15.0. The number of hydrogen-bond acceptors (Lipinski definition) is 2. The monoisotopic (exact) mass is 624 g/mol. The van der Waals surface area contributed by atoms with E-state index in [0.717, 1.165) is 76.3 Å². The molecule has 244 valence electrons. The van der Waals surface area contributed by atoms with Crippen LogP contribution in [0.1, 0.15) is 114 Å². The maximum Gasteiger partial charge on any atom is 0.281 e. The van der Waals surface area contributed by atoms with Crippen LogP contribution in [-0.4, -0.2) is 12.5 Å². The van der Waals surface area contributed by atoms with Gasteiger partial charge in [0, 0.05) is 12.0 Å². The zero-order valence-corrected chi connectivity index (χ0v) is 26.0. The average Bonchev–Trinajstić information content (AvgIpc) is 3.01. The van der Waals surface area contributed by atoms with E-state index in [-0.39, 0.29) is 23.8 Å². The fraction of sp³-hybridized carbons (Fsp3) is 0.611. The molecule has 0 aliphatic heterocycles. The van der Waals surface area contributed by atoms with E-state index >= 15 is 0 Å². The van der Waals surface area contributed by atoms with Crippen LogP contribution in [0.25, 0.3) is 0 Å². The van der Waals surface area contributed by atoms with Gasteiger partial charge in [-0.1, -0.05) is 69.7 Å². The summed E-state index contributed by atoms with van der Waals surface area (Å²) in [5, 5.41) is 0. The van der Waals surface area contributed by atoms with Crippen molar-refractivity contribution in [1.29, 1.82) is 0 Å². The lowest BCUT2D eigenvalue weighted by molar-refractivity contribution is -0.0650. The minimum Gasteiger partial charge on any atom is -0.486 e. The van der Waals surface area contributed by atoms with Crippen molar-refractivity contribution in [2.75, 3.05) is 6.61 Å². The third kappa shape index (κ3) is 9.20. The van der Waals surface area contributed by atoms with Gasteiger partial charge in [-0.2, -0.15) is 8.78 Å². The lowest BCUT2D eigenvalue weighted by Crippen LogP contribution is -2.30. The number of benzene rings is 2. The second-order valence-electron chi connectivity index (χ2n) is 12.8. The molecule has 0 aromatic heterocycles. The smallest absolute Gasteiger partial charge is 0.281 e. The minimum absolute atomic E-state index is 0.0808. The topological polar surface area (TPSA) is 18.5 Å². The largest absolute Gasteiger partial charge is 0.486 e. The van der Waals surface area contributed by atoms with E-state index in [2.05, 4.69) is 13.0 Å². The van der Waals surface area contributed by atoms with Crippen LogP contribution >= 0.6 is 0 Å². The Morgan fingerprint density at radius 1 is 0.750 bits per heavy atom. The number of hydrogen-bond donors (Lipinski definition) is 0. The summed E-state index contributed by atoms with van der Waals surface area (Å²) in [4.78, 5) is 0. The van der Waals surface area contributed by atoms with Crippen molar-refractivity contribution >= 4 is 0 Å². The van der Waals surface area contributed by atoms with Gasteiger partial charge in [0.15, 0.2) is 29.7 Å². The van der Waals surface area contributed by atoms with Crippen LogP contribution in [-0.2, 0) is 6.61 Å². The van der Waals surface area contributed by atoms with Crippen molar-refractivity contribution < 1.29 is 35.8 Å². The summed E-state index contributed by atoms with van der Waals surface area (Å²) < 4.78 is 99.0. The Hall–Kier alpha value is -2.64. The summed E-state index contributed by atoms with van der Waals surface area (Å²) in [7, 11) is 0. The SMILES string of the molecule is CC=CC1CCC(c2ccc(COc3ccc(OCC(F)(F)CC4CCC(CCCCC)CC4)c(F)c3F)c(F)c2F)CC1. The van der Waals surface area contributed by atoms with Crippen molar-refractivity contribution in [2.45, 2.75) is 116 Å². The molecule has 2 aromatic carbocycles. The molecule has 0 amide bonds. The van der Waals surface area contributed by atoms with Gasteiger partial charge in [-0.15, -0.1) is 0 Å². The third-order valence-corrected chi connectivity index (χ3v) is 9.47. The van der Waals surface area contributed by atoms with Crippen LogP contribution in [0.4, 0.5) is 26.3 Å². The first-order chi connectivity index (χ1) is 21.1. The summed E-state index contributed by atoms with van der Waals surface area (Å²) in [6.07, 6.45) is 15.2. The molecular formula is C36H46F6O2. The zero-order valence-electron chi connectivity index (χ0n) is 26.0. The molecule has 0 spiro atoms. The summed E-state index contributed by atoms with van der Waals surface area (Å²) in [6, 6.07) is 4.98. The quantitative estimate of drug-likeness (QED) is 0.118. The highest BCUT2D eigenvalue weighted by molar-refractivity contribution is 5.36.